The second-order valence-electron chi connectivity index (χ2n) is 4.33. The van der Waals surface area contributed by atoms with Crippen LogP contribution in [0, 0.1) is 0 Å². The number of rotatable bonds is 3. The highest BCUT2D eigenvalue weighted by Crippen LogP contribution is 2.24. The van der Waals surface area contributed by atoms with Crippen molar-refractivity contribution in [3.05, 3.63) is 22.7 Å². The molecule has 0 amide bonds. The molecule has 5 nitrogen and oxygen atoms in total. The Bertz CT molecular complexity index is 527. The van der Waals surface area contributed by atoms with Crippen molar-refractivity contribution in [2.75, 3.05) is 18.8 Å². The van der Waals surface area contributed by atoms with Gasteiger partial charge in [-0.15, -0.1) is 4.83 Å². The molecule has 1 fully saturated rings. The Morgan fingerprint density at radius 1 is 1.22 bits per heavy atom. The second-order valence-corrected chi connectivity index (χ2v) is 6.82. The van der Waals surface area contributed by atoms with Gasteiger partial charge in [-0.2, -0.15) is 0 Å². The van der Waals surface area contributed by atoms with Crippen LogP contribution in [0.5, 0.6) is 0 Å². The van der Waals surface area contributed by atoms with Gasteiger partial charge in [0.1, 0.15) is 0 Å². The van der Waals surface area contributed by atoms with Crippen LogP contribution in [-0.4, -0.2) is 26.5 Å². The Balaban J connectivity index is 2.19. The highest BCUT2D eigenvalue weighted by atomic mass is 79.9. The summed E-state index contributed by atoms with van der Waals surface area (Å²) in [7, 11) is -3.53. The largest absolute Gasteiger partial charge is 0.399 e. The summed E-state index contributed by atoms with van der Waals surface area (Å²) in [5.41, 5.74) is 6.13. The molecule has 0 atom stereocenters. The Morgan fingerprint density at radius 3 is 2.50 bits per heavy atom. The first-order chi connectivity index (χ1) is 8.49. The maximum Gasteiger partial charge on any atom is 0.254 e. The van der Waals surface area contributed by atoms with Crippen LogP contribution in [0.15, 0.2) is 27.6 Å². The third-order valence-corrected chi connectivity index (χ3v) is 5.20. The first-order valence-electron chi connectivity index (χ1n) is 5.81. The number of nitrogens with zero attached hydrogens (tertiary/aromatic N) is 1. The van der Waals surface area contributed by atoms with E-state index in [1.165, 1.54) is 6.07 Å². The number of sulfonamides is 1. The summed E-state index contributed by atoms with van der Waals surface area (Å²) < 4.78 is 24.9. The molecule has 0 aliphatic carbocycles. The lowest BCUT2D eigenvalue weighted by Crippen LogP contribution is -2.44. The minimum atomic E-state index is -3.53. The number of hydrogen-bond donors (Lipinski definition) is 2. The molecule has 1 aromatic rings. The van der Waals surface area contributed by atoms with E-state index in [9.17, 15) is 8.42 Å². The second kappa shape index (κ2) is 5.56. The number of hydrogen-bond acceptors (Lipinski definition) is 4. The Labute approximate surface area is 115 Å². The molecule has 1 aromatic carbocycles. The zero-order chi connectivity index (χ0) is 13.2. The number of halogens is 1. The molecule has 0 saturated carbocycles. The van der Waals surface area contributed by atoms with Crippen LogP contribution in [-0.2, 0) is 10.0 Å². The monoisotopic (exact) mass is 333 g/mol. The molecule has 3 N–H and O–H groups in total. The third-order valence-electron chi connectivity index (χ3n) is 2.85. The topological polar surface area (TPSA) is 75.4 Å². The number of hydrazine groups is 1. The smallest absolute Gasteiger partial charge is 0.254 e. The van der Waals surface area contributed by atoms with Gasteiger partial charge in [-0.05, 0) is 47.0 Å². The molecule has 0 radical (unpaired) electrons. The molecule has 1 aliphatic heterocycles. The van der Waals surface area contributed by atoms with Crippen LogP contribution in [0.25, 0.3) is 0 Å². The number of anilines is 1. The highest BCUT2D eigenvalue weighted by molar-refractivity contribution is 9.10. The highest BCUT2D eigenvalue weighted by Gasteiger charge is 2.22. The zero-order valence-electron chi connectivity index (χ0n) is 9.89. The minimum absolute atomic E-state index is 0.210. The Hall–Kier alpha value is -0.630. The van der Waals surface area contributed by atoms with Crippen LogP contribution >= 0.6 is 15.9 Å². The van der Waals surface area contributed by atoms with Gasteiger partial charge in [0.05, 0.1) is 4.90 Å². The van der Waals surface area contributed by atoms with Gasteiger partial charge in [0.25, 0.3) is 10.0 Å². The third kappa shape index (κ3) is 3.23. The SMILES string of the molecule is Nc1ccc(S(=O)(=O)NN2CCCCC2)c(Br)c1. The predicted octanol–water partition coefficient (Wildman–Crippen LogP) is 1.71. The van der Waals surface area contributed by atoms with Gasteiger partial charge in [-0.1, -0.05) is 6.42 Å². The van der Waals surface area contributed by atoms with Crippen LogP contribution in [0.1, 0.15) is 19.3 Å². The first kappa shape index (κ1) is 13.8. The van der Waals surface area contributed by atoms with Crippen LogP contribution in [0.3, 0.4) is 0 Å². The van der Waals surface area contributed by atoms with Gasteiger partial charge in [0.2, 0.25) is 0 Å². The standard InChI is InChI=1S/C11H16BrN3O2S/c12-10-8-9(13)4-5-11(10)18(16,17)14-15-6-2-1-3-7-15/h4-5,8,14H,1-3,6-7,13H2. The van der Waals surface area contributed by atoms with Gasteiger partial charge >= 0.3 is 0 Å². The number of piperidine rings is 1. The fraction of sp³-hybridized carbons (Fsp3) is 0.455. The van der Waals surface area contributed by atoms with E-state index >= 15 is 0 Å². The molecule has 100 valence electrons. The van der Waals surface area contributed by atoms with Crippen molar-refractivity contribution in [1.29, 1.82) is 0 Å². The summed E-state index contributed by atoms with van der Waals surface area (Å²) in [5.74, 6) is 0. The van der Waals surface area contributed by atoms with Crippen LogP contribution in [0.2, 0.25) is 0 Å². The lowest BCUT2D eigenvalue weighted by atomic mass is 10.2. The van der Waals surface area contributed by atoms with Crippen molar-refractivity contribution in [2.24, 2.45) is 0 Å². The molecule has 1 saturated heterocycles. The normalized spacial score (nSPS) is 17.8. The summed E-state index contributed by atoms with van der Waals surface area (Å²) in [5, 5.41) is 1.75. The molecular formula is C11H16BrN3O2S. The van der Waals surface area contributed by atoms with Crippen molar-refractivity contribution >= 4 is 31.6 Å². The summed E-state index contributed by atoms with van der Waals surface area (Å²) in [6, 6.07) is 4.67. The number of benzene rings is 1. The maximum atomic E-state index is 12.2. The molecule has 18 heavy (non-hydrogen) atoms. The lowest BCUT2D eigenvalue weighted by Gasteiger charge is -2.26. The van der Waals surface area contributed by atoms with E-state index < -0.39 is 10.0 Å². The zero-order valence-corrected chi connectivity index (χ0v) is 12.3. The first-order valence-corrected chi connectivity index (χ1v) is 8.09. The molecule has 7 heteroatoms. The molecule has 0 spiro atoms. The Kier molecular flexibility index (Phi) is 4.26. The number of nitrogens with two attached hydrogens (primary N) is 1. The Morgan fingerprint density at radius 2 is 1.89 bits per heavy atom. The van der Waals surface area contributed by atoms with Crippen molar-refractivity contribution in [2.45, 2.75) is 24.2 Å². The van der Waals surface area contributed by atoms with E-state index in [0.29, 0.717) is 10.2 Å². The molecular weight excluding hydrogens is 318 g/mol. The van der Waals surface area contributed by atoms with E-state index in [2.05, 4.69) is 20.8 Å². The average molecular weight is 334 g/mol. The van der Waals surface area contributed by atoms with E-state index in [-0.39, 0.29) is 4.90 Å². The molecule has 0 unspecified atom stereocenters. The van der Waals surface area contributed by atoms with E-state index in [4.69, 9.17) is 5.73 Å². The molecule has 1 heterocycles. The van der Waals surface area contributed by atoms with Gasteiger partial charge in [0.15, 0.2) is 0 Å². The molecule has 1 aliphatic rings. The van der Waals surface area contributed by atoms with Crippen LogP contribution in [0.4, 0.5) is 5.69 Å². The summed E-state index contributed by atoms with van der Waals surface area (Å²) in [4.78, 5) is 2.82. The van der Waals surface area contributed by atoms with Crippen molar-refractivity contribution in [1.82, 2.24) is 9.84 Å². The summed E-state index contributed by atoms with van der Waals surface area (Å²) in [6.07, 6.45) is 3.20. The van der Waals surface area contributed by atoms with Gasteiger partial charge in [0, 0.05) is 23.2 Å². The van der Waals surface area contributed by atoms with Crippen molar-refractivity contribution in [3.8, 4) is 0 Å². The van der Waals surface area contributed by atoms with Crippen molar-refractivity contribution in [3.63, 3.8) is 0 Å². The fourth-order valence-electron chi connectivity index (χ4n) is 1.94. The predicted molar refractivity (Wildman–Crippen MR) is 74.3 cm³/mol. The molecule has 0 bridgehead atoms. The summed E-state index contributed by atoms with van der Waals surface area (Å²) in [6.45, 7) is 1.51. The van der Waals surface area contributed by atoms with Gasteiger partial charge in [-0.3, -0.25) is 0 Å². The van der Waals surface area contributed by atoms with Crippen molar-refractivity contribution < 1.29 is 8.42 Å². The molecule has 0 aromatic heterocycles. The van der Waals surface area contributed by atoms with Gasteiger partial charge in [-0.25, -0.2) is 13.4 Å². The van der Waals surface area contributed by atoms with E-state index in [0.717, 1.165) is 32.4 Å². The summed E-state index contributed by atoms with van der Waals surface area (Å²) >= 11 is 3.23. The quantitative estimate of drug-likeness (QED) is 0.825. The van der Waals surface area contributed by atoms with E-state index in [1.807, 2.05) is 0 Å². The van der Waals surface area contributed by atoms with Gasteiger partial charge < -0.3 is 5.73 Å². The number of nitrogen functional groups attached to an aromatic ring is 1. The average Bonchev–Trinajstić information content (AvgIpc) is 2.29. The minimum Gasteiger partial charge on any atom is -0.399 e. The fourth-order valence-corrected chi connectivity index (χ4v) is 4.16. The van der Waals surface area contributed by atoms with Crippen LogP contribution < -0.4 is 10.6 Å². The van der Waals surface area contributed by atoms with E-state index in [1.54, 1.807) is 17.1 Å². The molecule has 2 rings (SSSR count). The maximum absolute atomic E-state index is 12.2. The number of nitrogens with one attached hydrogen (secondary N) is 1. The lowest BCUT2D eigenvalue weighted by molar-refractivity contribution is 0.200.